The van der Waals surface area contributed by atoms with Crippen LogP contribution in [0.4, 0.5) is 10.1 Å². The molecule has 3 fully saturated rings. The highest BCUT2D eigenvalue weighted by molar-refractivity contribution is 6.05. The van der Waals surface area contributed by atoms with E-state index in [0.717, 1.165) is 64.3 Å². The summed E-state index contributed by atoms with van der Waals surface area (Å²) in [7, 11) is 0. The van der Waals surface area contributed by atoms with E-state index < -0.39 is 11.9 Å². The smallest absolute Gasteiger partial charge is 0.255 e. The second-order valence-electron chi connectivity index (χ2n) is 10.8. The lowest BCUT2D eigenvalue weighted by atomic mass is 9.87. The predicted molar refractivity (Wildman–Crippen MR) is 139 cm³/mol. The molecule has 0 bridgehead atoms. The van der Waals surface area contributed by atoms with Gasteiger partial charge in [0.05, 0.1) is 13.2 Å². The molecule has 4 heterocycles. The normalized spacial score (nSPS) is 23.1. The van der Waals surface area contributed by atoms with Crippen molar-refractivity contribution in [2.24, 2.45) is 0 Å². The first kappa shape index (κ1) is 25.0. The molecule has 4 aliphatic rings. The Hall–Kier alpha value is -3.30. The Kier molecular flexibility index (Phi) is 6.88. The average molecular weight is 521 g/mol. The van der Waals surface area contributed by atoms with Crippen LogP contribution in [0.15, 0.2) is 36.4 Å². The molecule has 2 aromatic carbocycles. The van der Waals surface area contributed by atoms with Crippen molar-refractivity contribution in [3.05, 3.63) is 64.5 Å². The van der Waals surface area contributed by atoms with Crippen LogP contribution in [0.25, 0.3) is 0 Å². The van der Waals surface area contributed by atoms with Gasteiger partial charge in [0.2, 0.25) is 11.8 Å². The third-order valence-electron chi connectivity index (χ3n) is 8.36. The van der Waals surface area contributed by atoms with Gasteiger partial charge in [-0.25, -0.2) is 4.39 Å². The van der Waals surface area contributed by atoms with Gasteiger partial charge < -0.3 is 14.5 Å². The second kappa shape index (κ2) is 10.5. The average Bonchev–Trinajstić information content (AvgIpc) is 3.24. The maximum absolute atomic E-state index is 15.2. The summed E-state index contributed by atoms with van der Waals surface area (Å²) in [6.07, 6.45) is 2.20. The van der Waals surface area contributed by atoms with E-state index in [1.807, 2.05) is 6.07 Å². The first-order valence-corrected chi connectivity index (χ1v) is 13.6. The number of rotatable bonds is 5. The number of carbonyl (C=O) groups is 3. The standard InChI is InChI=1S/C29H33FN4O4/c30-25-16-24-21(18-34(29(24)37)26-4-5-27(35)31-28(26)36)15-23(25)20-6-8-32(9-7-20)17-19-2-1-3-22(14-19)33-10-12-38-13-11-33/h1-3,14-16,20,26H,4-13,17-18H2,(H,31,35,36). The minimum atomic E-state index is -0.691. The molecule has 1 atom stereocenters. The van der Waals surface area contributed by atoms with E-state index in [4.69, 9.17) is 4.74 Å². The van der Waals surface area contributed by atoms with Gasteiger partial charge in [0, 0.05) is 43.9 Å². The molecule has 38 heavy (non-hydrogen) atoms. The van der Waals surface area contributed by atoms with E-state index in [1.165, 1.54) is 22.2 Å². The molecular weight excluding hydrogens is 487 g/mol. The monoisotopic (exact) mass is 520 g/mol. The molecular formula is C29H33FN4O4. The molecule has 0 spiro atoms. The Bertz CT molecular complexity index is 1250. The first-order chi connectivity index (χ1) is 18.5. The highest BCUT2D eigenvalue weighted by atomic mass is 19.1. The van der Waals surface area contributed by atoms with E-state index in [0.29, 0.717) is 17.5 Å². The van der Waals surface area contributed by atoms with Crippen molar-refractivity contribution in [2.75, 3.05) is 44.3 Å². The zero-order valence-electron chi connectivity index (χ0n) is 21.5. The third-order valence-corrected chi connectivity index (χ3v) is 8.36. The number of amides is 3. The van der Waals surface area contributed by atoms with Crippen LogP contribution in [0, 0.1) is 5.82 Å². The van der Waals surface area contributed by atoms with Gasteiger partial charge in [-0.3, -0.25) is 24.6 Å². The number of ether oxygens (including phenoxy) is 1. The largest absolute Gasteiger partial charge is 0.378 e. The van der Waals surface area contributed by atoms with Gasteiger partial charge in [-0.2, -0.15) is 0 Å². The molecule has 2 aromatic rings. The van der Waals surface area contributed by atoms with Gasteiger partial charge in [0.1, 0.15) is 11.9 Å². The molecule has 3 saturated heterocycles. The van der Waals surface area contributed by atoms with Crippen LogP contribution in [-0.4, -0.2) is 73.0 Å². The number of hydrogen-bond donors (Lipinski definition) is 1. The molecule has 9 heteroatoms. The SMILES string of the molecule is O=C1CCC(N2Cc3cc(C4CCN(Cc5cccc(N6CCOCC6)c5)CC4)c(F)cc3C2=O)C(=O)N1. The molecule has 0 aromatic heterocycles. The summed E-state index contributed by atoms with van der Waals surface area (Å²) in [6.45, 7) is 6.25. The van der Waals surface area contributed by atoms with Crippen LogP contribution in [0.3, 0.4) is 0 Å². The molecule has 200 valence electrons. The molecule has 4 aliphatic heterocycles. The summed E-state index contributed by atoms with van der Waals surface area (Å²) in [4.78, 5) is 43.1. The van der Waals surface area contributed by atoms with Crippen molar-refractivity contribution in [3.63, 3.8) is 0 Å². The van der Waals surface area contributed by atoms with Crippen LogP contribution < -0.4 is 10.2 Å². The number of halogens is 1. The number of benzene rings is 2. The molecule has 0 radical (unpaired) electrons. The van der Waals surface area contributed by atoms with Gasteiger partial charge >= 0.3 is 0 Å². The summed E-state index contributed by atoms with van der Waals surface area (Å²) >= 11 is 0. The number of nitrogens with zero attached hydrogens (tertiary/aromatic N) is 3. The van der Waals surface area contributed by atoms with Crippen LogP contribution in [0.2, 0.25) is 0 Å². The van der Waals surface area contributed by atoms with Gasteiger partial charge in [-0.15, -0.1) is 0 Å². The number of piperidine rings is 2. The second-order valence-corrected chi connectivity index (χ2v) is 10.8. The third kappa shape index (κ3) is 4.92. The lowest BCUT2D eigenvalue weighted by molar-refractivity contribution is -0.136. The van der Waals surface area contributed by atoms with Crippen molar-refractivity contribution in [3.8, 4) is 0 Å². The number of fused-ring (bicyclic) bond motifs is 1. The summed E-state index contributed by atoms with van der Waals surface area (Å²) in [5.41, 5.74) is 4.27. The van der Waals surface area contributed by atoms with E-state index in [2.05, 4.69) is 39.4 Å². The molecule has 3 amide bonds. The highest BCUT2D eigenvalue weighted by Crippen LogP contribution is 2.36. The molecule has 1 N–H and O–H groups in total. The maximum Gasteiger partial charge on any atom is 0.255 e. The number of likely N-dealkylation sites (tertiary alicyclic amines) is 1. The van der Waals surface area contributed by atoms with Crippen LogP contribution in [0.5, 0.6) is 0 Å². The summed E-state index contributed by atoms with van der Waals surface area (Å²) in [5.74, 6) is -1.37. The number of nitrogens with one attached hydrogen (secondary N) is 1. The molecule has 0 aliphatic carbocycles. The van der Waals surface area contributed by atoms with Crippen LogP contribution in [-0.2, 0) is 27.4 Å². The lowest BCUT2D eigenvalue weighted by Crippen LogP contribution is -2.52. The maximum atomic E-state index is 15.2. The summed E-state index contributed by atoms with van der Waals surface area (Å²) < 4.78 is 20.7. The van der Waals surface area contributed by atoms with Gasteiger partial charge in [-0.05, 0) is 73.2 Å². The fourth-order valence-corrected chi connectivity index (χ4v) is 6.25. The zero-order valence-corrected chi connectivity index (χ0v) is 21.5. The van der Waals surface area contributed by atoms with Crippen molar-refractivity contribution >= 4 is 23.4 Å². The van der Waals surface area contributed by atoms with Crippen LogP contribution >= 0.6 is 0 Å². The van der Waals surface area contributed by atoms with Crippen molar-refractivity contribution in [2.45, 2.75) is 50.7 Å². The number of morpholine rings is 1. The van der Waals surface area contributed by atoms with Gasteiger partial charge in [0.25, 0.3) is 5.91 Å². The fourth-order valence-electron chi connectivity index (χ4n) is 6.25. The van der Waals surface area contributed by atoms with E-state index >= 15 is 4.39 Å². The number of carbonyl (C=O) groups excluding carboxylic acids is 3. The summed E-state index contributed by atoms with van der Waals surface area (Å²) in [6, 6.07) is 11.2. The molecule has 6 rings (SSSR count). The predicted octanol–water partition coefficient (Wildman–Crippen LogP) is 2.80. The summed E-state index contributed by atoms with van der Waals surface area (Å²) in [5, 5.41) is 2.31. The van der Waals surface area contributed by atoms with Gasteiger partial charge in [0.15, 0.2) is 0 Å². The fraction of sp³-hybridized carbons (Fsp3) is 0.483. The Morgan fingerprint density at radius 2 is 1.76 bits per heavy atom. The number of anilines is 1. The zero-order chi connectivity index (χ0) is 26.2. The van der Waals surface area contributed by atoms with Crippen molar-refractivity contribution in [1.82, 2.24) is 15.1 Å². The van der Waals surface area contributed by atoms with Gasteiger partial charge in [-0.1, -0.05) is 18.2 Å². The minimum Gasteiger partial charge on any atom is -0.378 e. The van der Waals surface area contributed by atoms with Crippen molar-refractivity contribution < 1.29 is 23.5 Å². The molecule has 0 saturated carbocycles. The Balaban J connectivity index is 1.09. The quantitative estimate of drug-likeness (QED) is 0.611. The Labute approximate surface area is 221 Å². The molecule has 8 nitrogen and oxygen atoms in total. The molecule has 1 unspecified atom stereocenters. The van der Waals surface area contributed by atoms with E-state index in [-0.39, 0.29) is 36.5 Å². The minimum absolute atomic E-state index is 0.0935. The van der Waals surface area contributed by atoms with E-state index in [1.54, 1.807) is 0 Å². The Morgan fingerprint density at radius 3 is 2.53 bits per heavy atom. The number of imide groups is 1. The van der Waals surface area contributed by atoms with Crippen molar-refractivity contribution in [1.29, 1.82) is 0 Å². The topological polar surface area (TPSA) is 82.2 Å². The Morgan fingerprint density at radius 1 is 0.974 bits per heavy atom. The van der Waals surface area contributed by atoms with E-state index in [9.17, 15) is 14.4 Å². The number of hydrogen-bond acceptors (Lipinski definition) is 6. The first-order valence-electron chi connectivity index (χ1n) is 13.6. The highest BCUT2D eigenvalue weighted by Gasteiger charge is 2.40. The van der Waals surface area contributed by atoms with Crippen LogP contribution in [0.1, 0.15) is 58.6 Å². The lowest BCUT2D eigenvalue weighted by Gasteiger charge is -2.33.